The molecular formula is C50H38N2. The third-order valence-corrected chi connectivity index (χ3v) is 10.9. The van der Waals surface area contributed by atoms with E-state index in [4.69, 9.17) is 0 Å². The van der Waals surface area contributed by atoms with Crippen molar-refractivity contribution in [3.05, 3.63) is 182 Å². The molecule has 1 unspecified atom stereocenters. The van der Waals surface area contributed by atoms with Crippen LogP contribution in [-0.2, 0) is 0 Å². The molecule has 9 aromatic rings. The molecule has 0 N–H and O–H groups in total. The summed E-state index contributed by atoms with van der Waals surface area (Å²) in [6.45, 7) is 4.42. The van der Waals surface area contributed by atoms with Crippen LogP contribution >= 0.6 is 0 Å². The van der Waals surface area contributed by atoms with Crippen LogP contribution < -0.4 is 0 Å². The maximum Gasteiger partial charge on any atom is 0.0541 e. The molecule has 0 saturated carbocycles. The van der Waals surface area contributed by atoms with E-state index in [0.717, 1.165) is 12.1 Å². The predicted molar refractivity (Wildman–Crippen MR) is 222 cm³/mol. The van der Waals surface area contributed by atoms with E-state index in [-0.39, 0.29) is 0 Å². The number of para-hydroxylation sites is 2. The Labute approximate surface area is 304 Å². The maximum atomic E-state index is 2.45. The monoisotopic (exact) mass is 666 g/mol. The molecule has 1 aliphatic carbocycles. The van der Waals surface area contributed by atoms with Crippen molar-refractivity contribution in [1.82, 2.24) is 9.13 Å². The molecule has 2 nitrogen and oxygen atoms in total. The minimum absolute atomic E-state index is 0.576. The topological polar surface area (TPSA) is 9.86 Å². The van der Waals surface area contributed by atoms with Crippen LogP contribution in [0.5, 0.6) is 0 Å². The Morgan fingerprint density at radius 1 is 0.442 bits per heavy atom. The lowest BCUT2D eigenvalue weighted by Gasteiger charge is -2.15. The van der Waals surface area contributed by atoms with Crippen molar-refractivity contribution < 1.29 is 0 Å². The molecule has 1 atom stereocenters. The SMILES string of the molecule is Cc1ccc(-c2cc(-c3ccccc3)cc(-n3c4ccccc4c4cc(-c5ccc6c(c5)c5ccccc5n6C5=CCC(C)C=C5)ccc43)c2)cc1. The fourth-order valence-electron chi connectivity index (χ4n) is 8.19. The fraction of sp³-hybridized carbons (Fsp3) is 0.0800. The number of hydrogen-bond acceptors (Lipinski definition) is 0. The summed E-state index contributed by atoms with van der Waals surface area (Å²) in [5.41, 5.74) is 15.9. The van der Waals surface area contributed by atoms with Gasteiger partial charge in [0.05, 0.1) is 22.1 Å². The Morgan fingerprint density at radius 3 is 1.58 bits per heavy atom. The van der Waals surface area contributed by atoms with Crippen LogP contribution in [-0.4, -0.2) is 9.13 Å². The van der Waals surface area contributed by atoms with Gasteiger partial charge in [-0.1, -0.05) is 128 Å². The molecule has 7 aromatic carbocycles. The van der Waals surface area contributed by atoms with E-state index >= 15 is 0 Å². The smallest absolute Gasteiger partial charge is 0.0541 e. The molecule has 0 saturated heterocycles. The highest BCUT2D eigenvalue weighted by Gasteiger charge is 2.18. The van der Waals surface area contributed by atoms with Crippen LogP contribution in [0.15, 0.2) is 176 Å². The number of aromatic nitrogens is 2. The summed E-state index contributed by atoms with van der Waals surface area (Å²) in [5.74, 6) is 0.576. The van der Waals surface area contributed by atoms with E-state index in [1.54, 1.807) is 0 Å². The van der Waals surface area contributed by atoms with Crippen LogP contribution in [0.25, 0.3) is 88.4 Å². The van der Waals surface area contributed by atoms with Gasteiger partial charge in [0.1, 0.15) is 0 Å². The van der Waals surface area contributed by atoms with E-state index < -0.39 is 0 Å². The molecule has 2 heterocycles. The molecule has 248 valence electrons. The average molecular weight is 667 g/mol. The summed E-state index contributed by atoms with van der Waals surface area (Å²) >= 11 is 0. The zero-order valence-electron chi connectivity index (χ0n) is 29.4. The predicted octanol–water partition coefficient (Wildman–Crippen LogP) is 13.6. The van der Waals surface area contributed by atoms with E-state index in [2.05, 4.69) is 199 Å². The fourth-order valence-corrected chi connectivity index (χ4v) is 8.19. The van der Waals surface area contributed by atoms with Crippen LogP contribution in [0.3, 0.4) is 0 Å². The summed E-state index contributed by atoms with van der Waals surface area (Å²) in [7, 11) is 0. The number of nitrogens with zero attached hydrogens (tertiary/aromatic N) is 2. The minimum Gasteiger partial charge on any atom is -0.310 e. The lowest BCUT2D eigenvalue weighted by atomic mass is 9.97. The van der Waals surface area contributed by atoms with Crippen molar-refractivity contribution in [3.63, 3.8) is 0 Å². The average Bonchev–Trinajstić information content (AvgIpc) is 3.71. The van der Waals surface area contributed by atoms with Gasteiger partial charge >= 0.3 is 0 Å². The minimum atomic E-state index is 0.576. The van der Waals surface area contributed by atoms with Gasteiger partial charge in [0, 0.05) is 32.9 Å². The van der Waals surface area contributed by atoms with E-state index in [0.29, 0.717) is 5.92 Å². The van der Waals surface area contributed by atoms with Crippen LogP contribution in [0.2, 0.25) is 0 Å². The summed E-state index contributed by atoms with van der Waals surface area (Å²) in [6, 6.07) is 58.3. The van der Waals surface area contributed by atoms with Crippen molar-refractivity contribution in [1.29, 1.82) is 0 Å². The van der Waals surface area contributed by atoms with Crippen LogP contribution in [0, 0.1) is 12.8 Å². The summed E-state index contributed by atoms with van der Waals surface area (Å²) < 4.78 is 4.88. The third kappa shape index (κ3) is 5.02. The van der Waals surface area contributed by atoms with Gasteiger partial charge in [0.2, 0.25) is 0 Å². The number of hydrogen-bond donors (Lipinski definition) is 0. The van der Waals surface area contributed by atoms with Gasteiger partial charge in [0.25, 0.3) is 0 Å². The Bertz CT molecular complexity index is 2880. The number of benzene rings is 7. The highest BCUT2D eigenvalue weighted by molar-refractivity contribution is 6.13. The molecule has 0 spiro atoms. The lowest BCUT2D eigenvalue weighted by Crippen LogP contribution is -2.00. The van der Waals surface area contributed by atoms with E-state index in [9.17, 15) is 0 Å². The molecule has 0 fully saturated rings. The van der Waals surface area contributed by atoms with Crippen LogP contribution in [0.1, 0.15) is 18.9 Å². The molecule has 2 heteroatoms. The summed E-state index contributed by atoms with van der Waals surface area (Å²) in [5, 5.41) is 5.08. The van der Waals surface area contributed by atoms with Gasteiger partial charge in [-0.15, -0.1) is 0 Å². The Morgan fingerprint density at radius 2 is 0.962 bits per heavy atom. The van der Waals surface area contributed by atoms with Gasteiger partial charge in [-0.05, 0) is 113 Å². The molecule has 0 bridgehead atoms. The van der Waals surface area contributed by atoms with Crippen molar-refractivity contribution in [2.24, 2.45) is 5.92 Å². The second-order valence-corrected chi connectivity index (χ2v) is 14.4. The summed E-state index contributed by atoms with van der Waals surface area (Å²) in [6.07, 6.45) is 8.07. The van der Waals surface area contributed by atoms with Crippen molar-refractivity contribution in [2.75, 3.05) is 0 Å². The highest BCUT2D eigenvalue weighted by atomic mass is 15.0. The quantitative estimate of drug-likeness (QED) is 0.173. The normalized spacial score (nSPS) is 14.5. The van der Waals surface area contributed by atoms with E-state index in [1.807, 2.05) is 0 Å². The van der Waals surface area contributed by atoms with Crippen molar-refractivity contribution >= 4 is 49.3 Å². The summed E-state index contributed by atoms with van der Waals surface area (Å²) in [4.78, 5) is 0. The van der Waals surface area contributed by atoms with Gasteiger partial charge in [-0.3, -0.25) is 0 Å². The van der Waals surface area contributed by atoms with Gasteiger partial charge in [-0.25, -0.2) is 0 Å². The van der Waals surface area contributed by atoms with Crippen molar-refractivity contribution in [2.45, 2.75) is 20.3 Å². The Hall–Kier alpha value is -6.38. The van der Waals surface area contributed by atoms with Crippen LogP contribution in [0.4, 0.5) is 0 Å². The third-order valence-electron chi connectivity index (χ3n) is 10.9. The zero-order chi connectivity index (χ0) is 34.8. The standard InChI is InChI=1S/C50H38N2/c1-33-16-20-36(21-17-33)40-28-39(35-10-4-3-5-11-35)29-42(30-40)52-48-15-9-7-13-44(48)46-32-38(23-27-50(46)52)37-22-26-49-45(31-37)43-12-6-8-14-47(43)51(49)41-24-18-34(2)19-25-41/h3-18,20-32,34H,19H2,1-2H3. The zero-order valence-corrected chi connectivity index (χ0v) is 29.4. The first-order chi connectivity index (χ1) is 25.6. The Kier molecular flexibility index (Phi) is 7.11. The number of fused-ring (bicyclic) bond motifs is 6. The molecule has 10 rings (SSSR count). The first-order valence-electron chi connectivity index (χ1n) is 18.3. The molecule has 1 aliphatic rings. The van der Waals surface area contributed by atoms with Gasteiger partial charge < -0.3 is 9.13 Å². The largest absolute Gasteiger partial charge is 0.310 e. The Balaban J connectivity index is 1.15. The first-order valence-corrected chi connectivity index (χ1v) is 18.3. The number of allylic oxidation sites excluding steroid dienone is 4. The van der Waals surface area contributed by atoms with E-state index in [1.165, 1.54) is 88.3 Å². The molecule has 52 heavy (non-hydrogen) atoms. The van der Waals surface area contributed by atoms with Gasteiger partial charge in [0.15, 0.2) is 0 Å². The second-order valence-electron chi connectivity index (χ2n) is 14.4. The molecular weight excluding hydrogens is 629 g/mol. The number of aryl methyl sites for hydroxylation is 1. The first kappa shape index (κ1) is 30.4. The molecule has 0 amide bonds. The molecule has 0 aliphatic heterocycles. The van der Waals surface area contributed by atoms with Gasteiger partial charge in [-0.2, -0.15) is 0 Å². The second kappa shape index (κ2) is 12.1. The molecule has 0 radical (unpaired) electrons. The number of rotatable bonds is 5. The maximum absolute atomic E-state index is 2.45. The highest BCUT2D eigenvalue weighted by Crippen LogP contribution is 2.40. The molecule has 2 aromatic heterocycles. The lowest BCUT2D eigenvalue weighted by molar-refractivity contribution is 0.735. The van der Waals surface area contributed by atoms with Crippen molar-refractivity contribution in [3.8, 4) is 39.1 Å².